The number of rotatable bonds is 5. The Kier molecular flexibility index (Phi) is 4.00. The van der Waals surface area contributed by atoms with Gasteiger partial charge in [-0.2, -0.15) is 0 Å². The largest absolute Gasteiger partial charge is 0.346 e. The highest BCUT2D eigenvalue weighted by atomic mass is 32.1. The van der Waals surface area contributed by atoms with Crippen LogP contribution in [-0.4, -0.2) is 32.4 Å². The van der Waals surface area contributed by atoms with E-state index in [1.807, 2.05) is 6.92 Å². The molecule has 0 radical (unpaired) electrons. The lowest BCUT2D eigenvalue weighted by atomic mass is 10.3. The van der Waals surface area contributed by atoms with Gasteiger partial charge in [-0.25, -0.2) is 4.98 Å². The minimum atomic E-state index is -0.244. The predicted octanol–water partition coefficient (Wildman–Crippen LogP) is -0.0683. The molecular formula is C10H14N6OS. The molecule has 2 aromatic heterocycles. The molecule has 0 spiro atoms. The molecule has 0 aliphatic carbocycles. The van der Waals surface area contributed by atoms with Crippen molar-refractivity contribution >= 4 is 17.2 Å². The fourth-order valence-electron chi connectivity index (χ4n) is 1.39. The van der Waals surface area contributed by atoms with Crippen LogP contribution in [0.25, 0.3) is 0 Å². The monoisotopic (exact) mass is 266 g/mol. The highest BCUT2D eigenvalue weighted by Gasteiger charge is 2.11. The third-order valence-corrected chi connectivity index (χ3v) is 3.32. The number of nitrogens with zero attached hydrogens (tertiary/aromatic N) is 4. The molecule has 1 amide bonds. The van der Waals surface area contributed by atoms with E-state index in [9.17, 15) is 4.79 Å². The summed E-state index contributed by atoms with van der Waals surface area (Å²) in [7, 11) is 0. The van der Waals surface area contributed by atoms with Gasteiger partial charge in [0.05, 0.1) is 30.5 Å². The Morgan fingerprint density at radius 2 is 2.44 bits per heavy atom. The number of aryl methyl sites for hydroxylation is 1. The number of hydrogen-bond acceptors (Lipinski definition) is 6. The van der Waals surface area contributed by atoms with Gasteiger partial charge in [0.1, 0.15) is 0 Å². The van der Waals surface area contributed by atoms with E-state index in [1.54, 1.807) is 16.4 Å². The average molecular weight is 266 g/mol. The van der Waals surface area contributed by atoms with Gasteiger partial charge in [-0.15, -0.1) is 16.4 Å². The number of aromatic nitrogens is 4. The van der Waals surface area contributed by atoms with Crippen LogP contribution in [0.1, 0.15) is 21.1 Å². The number of nitrogens with one attached hydrogen (secondary N) is 1. The molecule has 18 heavy (non-hydrogen) atoms. The molecule has 2 rings (SSSR count). The highest BCUT2D eigenvalue weighted by molar-refractivity contribution is 7.09. The second kappa shape index (κ2) is 5.69. The summed E-state index contributed by atoms with van der Waals surface area (Å²) in [6, 6.07) is 0. The number of hydrogen-bond donors (Lipinski definition) is 2. The molecule has 8 heteroatoms. The lowest BCUT2D eigenvalue weighted by Gasteiger charge is -2.00. The van der Waals surface area contributed by atoms with Crippen molar-refractivity contribution in [1.29, 1.82) is 0 Å². The van der Waals surface area contributed by atoms with Crippen LogP contribution in [0.2, 0.25) is 0 Å². The number of amides is 1. The standard InChI is InChI=1S/C10H14N6OS/c1-7-9(18-6-13-7)4-12-10(17)8-5-16(3-2-11)15-14-8/h5-6H,2-4,11H2,1H3,(H,12,17). The first-order valence-electron chi connectivity index (χ1n) is 5.48. The van der Waals surface area contributed by atoms with Crippen molar-refractivity contribution in [3.63, 3.8) is 0 Å². The molecule has 0 aromatic carbocycles. The molecule has 0 bridgehead atoms. The maximum absolute atomic E-state index is 11.8. The average Bonchev–Trinajstić information content (AvgIpc) is 2.96. The summed E-state index contributed by atoms with van der Waals surface area (Å²) in [6.45, 7) is 3.38. The maximum Gasteiger partial charge on any atom is 0.273 e. The van der Waals surface area contributed by atoms with Gasteiger partial charge in [0, 0.05) is 11.4 Å². The zero-order valence-corrected chi connectivity index (χ0v) is 10.8. The fourth-order valence-corrected chi connectivity index (χ4v) is 2.11. The van der Waals surface area contributed by atoms with Gasteiger partial charge >= 0.3 is 0 Å². The van der Waals surface area contributed by atoms with Crippen LogP contribution in [0.5, 0.6) is 0 Å². The molecule has 0 unspecified atom stereocenters. The first-order chi connectivity index (χ1) is 8.70. The second-order valence-corrected chi connectivity index (χ2v) is 4.64. The van der Waals surface area contributed by atoms with Crippen LogP contribution in [0.4, 0.5) is 0 Å². The van der Waals surface area contributed by atoms with E-state index in [0.717, 1.165) is 10.6 Å². The Hall–Kier alpha value is -1.80. The van der Waals surface area contributed by atoms with Crippen LogP contribution in [-0.2, 0) is 13.1 Å². The summed E-state index contributed by atoms with van der Waals surface area (Å²) in [5.41, 5.74) is 8.38. The van der Waals surface area contributed by atoms with Gasteiger partial charge in [-0.1, -0.05) is 5.21 Å². The zero-order chi connectivity index (χ0) is 13.0. The Bertz CT molecular complexity index is 534. The molecule has 3 N–H and O–H groups in total. The fraction of sp³-hybridized carbons (Fsp3) is 0.400. The van der Waals surface area contributed by atoms with Crippen molar-refractivity contribution in [3.05, 3.63) is 28.0 Å². The highest BCUT2D eigenvalue weighted by Crippen LogP contribution is 2.11. The van der Waals surface area contributed by atoms with Crippen LogP contribution < -0.4 is 11.1 Å². The lowest BCUT2D eigenvalue weighted by molar-refractivity contribution is 0.0946. The molecule has 2 aromatic rings. The van der Waals surface area contributed by atoms with Crippen LogP contribution >= 0.6 is 11.3 Å². The number of carbonyl (C=O) groups is 1. The normalized spacial score (nSPS) is 10.6. The Morgan fingerprint density at radius 3 is 3.11 bits per heavy atom. The van der Waals surface area contributed by atoms with E-state index < -0.39 is 0 Å². The van der Waals surface area contributed by atoms with Crippen LogP contribution in [0.3, 0.4) is 0 Å². The Balaban J connectivity index is 1.93. The number of carbonyl (C=O) groups excluding carboxylic acids is 1. The van der Waals surface area contributed by atoms with Crippen molar-refractivity contribution in [2.45, 2.75) is 20.0 Å². The van der Waals surface area contributed by atoms with Crippen molar-refractivity contribution < 1.29 is 4.79 Å². The van der Waals surface area contributed by atoms with Crippen molar-refractivity contribution in [3.8, 4) is 0 Å². The molecule has 0 atom stereocenters. The van der Waals surface area contributed by atoms with E-state index in [0.29, 0.717) is 25.3 Å². The van der Waals surface area contributed by atoms with Gasteiger partial charge in [0.2, 0.25) is 0 Å². The van der Waals surface area contributed by atoms with Gasteiger partial charge in [-0.05, 0) is 6.92 Å². The summed E-state index contributed by atoms with van der Waals surface area (Å²) in [5.74, 6) is -0.244. The zero-order valence-electron chi connectivity index (χ0n) is 9.96. The molecule has 2 heterocycles. The lowest BCUT2D eigenvalue weighted by Crippen LogP contribution is -2.23. The third-order valence-electron chi connectivity index (χ3n) is 2.38. The topological polar surface area (TPSA) is 98.7 Å². The molecular weight excluding hydrogens is 252 g/mol. The summed E-state index contributed by atoms with van der Waals surface area (Å²) < 4.78 is 1.55. The van der Waals surface area contributed by atoms with Gasteiger partial charge in [0.15, 0.2) is 5.69 Å². The first-order valence-corrected chi connectivity index (χ1v) is 6.36. The molecule has 0 aliphatic rings. The van der Waals surface area contributed by atoms with Gasteiger partial charge in [0.25, 0.3) is 5.91 Å². The SMILES string of the molecule is Cc1ncsc1CNC(=O)c1cn(CCN)nn1. The molecule has 7 nitrogen and oxygen atoms in total. The Labute approximate surface area is 108 Å². The van der Waals surface area contributed by atoms with Crippen molar-refractivity contribution in [2.75, 3.05) is 6.54 Å². The Morgan fingerprint density at radius 1 is 1.61 bits per heavy atom. The number of nitrogens with two attached hydrogens (primary N) is 1. The van der Waals surface area contributed by atoms with Crippen molar-refractivity contribution in [2.24, 2.45) is 5.73 Å². The molecule has 96 valence electrons. The van der Waals surface area contributed by atoms with E-state index in [4.69, 9.17) is 5.73 Å². The molecule has 0 saturated heterocycles. The van der Waals surface area contributed by atoms with Crippen LogP contribution in [0, 0.1) is 6.92 Å². The van der Waals surface area contributed by atoms with Gasteiger partial charge < -0.3 is 11.1 Å². The summed E-state index contributed by atoms with van der Waals surface area (Å²) in [5, 5.41) is 10.4. The van der Waals surface area contributed by atoms with E-state index in [1.165, 1.54) is 11.3 Å². The molecule has 0 aliphatic heterocycles. The minimum absolute atomic E-state index is 0.244. The van der Waals surface area contributed by atoms with Crippen molar-refractivity contribution in [1.82, 2.24) is 25.3 Å². The molecule has 0 fully saturated rings. The van der Waals surface area contributed by atoms with Gasteiger partial charge in [-0.3, -0.25) is 9.48 Å². The first kappa shape index (κ1) is 12.7. The smallest absolute Gasteiger partial charge is 0.273 e. The third kappa shape index (κ3) is 2.90. The van der Waals surface area contributed by atoms with Crippen LogP contribution in [0.15, 0.2) is 11.7 Å². The predicted molar refractivity (Wildman–Crippen MR) is 67.1 cm³/mol. The van der Waals surface area contributed by atoms with E-state index >= 15 is 0 Å². The molecule has 0 saturated carbocycles. The van der Waals surface area contributed by atoms with E-state index in [-0.39, 0.29) is 5.91 Å². The summed E-state index contributed by atoms with van der Waals surface area (Å²) in [6.07, 6.45) is 1.59. The summed E-state index contributed by atoms with van der Waals surface area (Å²) >= 11 is 1.52. The van der Waals surface area contributed by atoms with E-state index in [2.05, 4.69) is 20.6 Å². The minimum Gasteiger partial charge on any atom is -0.346 e. The maximum atomic E-state index is 11.8. The second-order valence-electron chi connectivity index (χ2n) is 3.70. The quantitative estimate of drug-likeness (QED) is 0.789. The summed E-state index contributed by atoms with van der Waals surface area (Å²) in [4.78, 5) is 17.0. The number of thiazole rings is 1.